The Labute approximate surface area is 116 Å². The van der Waals surface area contributed by atoms with Crippen LogP contribution in [0.15, 0.2) is 0 Å². The van der Waals surface area contributed by atoms with Gasteiger partial charge < -0.3 is 4.74 Å². The molecule has 0 rings (SSSR count). The van der Waals surface area contributed by atoms with Crippen LogP contribution in [0.4, 0.5) is 4.79 Å². The summed E-state index contributed by atoms with van der Waals surface area (Å²) in [6.07, 6.45) is 6.54. The Balaban J connectivity index is 3.46. The molecule has 0 saturated heterocycles. The lowest BCUT2D eigenvalue weighted by Gasteiger charge is -2.13. The molecule has 0 amide bonds. The molecule has 114 valence electrons. The molecule has 0 aromatic heterocycles. The topological polar surface area (TPSA) is 54.0 Å². The first kappa shape index (κ1) is 18.2. The molecule has 0 radical (unpaired) electrons. The average Bonchev–Trinajstić information content (AvgIpc) is 2.43. The van der Waals surface area contributed by atoms with Crippen LogP contribution in [0.3, 0.4) is 0 Å². The van der Waals surface area contributed by atoms with E-state index in [0.717, 1.165) is 44.9 Å². The standard InChI is InChI=1S/C14H28O5/c1-4-7-9-11-17-19-18-14(15)16-12-13(6-3)10-8-5-2/h13H,4-12H2,1-3H3. The van der Waals surface area contributed by atoms with Gasteiger partial charge in [-0.2, -0.15) is 4.89 Å². The molecule has 0 bridgehead atoms. The molecule has 0 spiro atoms. The van der Waals surface area contributed by atoms with Gasteiger partial charge in [0.1, 0.15) is 0 Å². The zero-order chi connectivity index (χ0) is 14.3. The summed E-state index contributed by atoms with van der Waals surface area (Å²) in [5.74, 6) is 0.387. The predicted octanol–water partition coefficient (Wildman–Crippen LogP) is 4.41. The molecular weight excluding hydrogens is 248 g/mol. The molecule has 0 aliphatic heterocycles. The van der Waals surface area contributed by atoms with Crippen molar-refractivity contribution in [3.63, 3.8) is 0 Å². The number of unbranched alkanes of at least 4 members (excludes halogenated alkanes) is 3. The zero-order valence-electron chi connectivity index (χ0n) is 12.5. The van der Waals surface area contributed by atoms with Crippen LogP contribution >= 0.6 is 0 Å². The van der Waals surface area contributed by atoms with E-state index < -0.39 is 6.16 Å². The maximum Gasteiger partial charge on any atom is 0.542 e. The first-order chi connectivity index (χ1) is 9.24. The molecule has 1 unspecified atom stereocenters. The Hall–Kier alpha value is -0.810. The average molecular weight is 276 g/mol. The lowest BCUT2D eigenvalue weighted by molar-refractivity contribution is -0.486. The van der Waals surface area contributed by atoms with Crippen molar-refractivity contribution < 1.29 is 24.3 Å². The van der Waals surface area contributed by atoms with E-state index in [9.17, 15) is 4.79 Å². The minimum atomic E-state index is -0.842. The fourth-order valence-corrected chi connectivity index (χ4v) is 1.60. The number of hydrogen-bond acceptors (Lipinski definition) is 5. The van der Waals surface area contributed by atoms with Gasteiger partial charge in [-0.3, -0.25) is 0 Å². The highest BCUT2D eigenvalue weighted by Crippen LogP contribution is 2.13. The van der Waals surface area contributed by atoms with Gasteiger partial charge in [-0.15, -0.1) is 0 Å². The highest BCUT2D eigenvalue weighted by Gasteiger charge is 2.11. The van der Waals surface area contributed by atoms with Crippen LogP contribution < -0.4 is 0 Å². The van der Waals surface area contributed by atoms with E-state index >= 15 is 0 Å². The molecule has 0 saturated carbocycles. The summed E-state index contributed by atoms with van der Waals surface area (Å²) < 4.78 is 4.95. The smallest absolute Gasteiger partial charge is 0.432 e. The second kappa shape index (κ2) is 13.6. The molecule has 0 heterocycles. The summed E-state index contributed by atoms with van der Waals surface area (Å²) in [6, 6.07) is 0. The second-order valence-electron chi connectivity index (χ2n) is 4.66. The summed E-state index contributed by atoms with van der Waals surface area (Å²) >= 11 is 0. The molecule has 1 atom stereocenters. The molecule has 5 heteroatoms. The van der Waals surface area contributed by atoms with Gasteiger partial charge in [-0.05, 0) is 23.8 Å². The molecule has 19 heavy (non-hydrogen) atoms. The van der Waals surface area contributed by atoms with E-state index in [4.69, 9.17) is 4.74 Å². The Bertz CT molecular complexity index is 208. The molecule has 0 aliphatic carbocycles. The summed E-state index contributed by atoms with van der Waals surface area (Å²) in [5.41, 5.74) is 0. The third-order valence-corrected chi connectivity index (χ3v) is 2.96. The molecule has 0 aromatic rings. The maximum atomic E-state index is 11.2. The highest BCUT2D eigenvalue weighted by atomic mass is 17.5. The summed E-state index contributed by atoms with van der Waals surface area (Å²) in [4.78, 5) is 20.2. The van der Waals surface area contributed by atoms with Crippen LogP contribution in [0.1, 0.15) is 65.7 Å². The van der Waals surface area contributed by atoms with Gasteiger partial charge in [0.2, 0.25) is 0 Å². The van der Waals surface area contributed by atoms with Crippen LogP contribution in [0.5, 0.6) is 0 Å². The normalized spacial score (nSPS) is 12.2. The minimum absolute atomic E-state index is 0.370. The van der Waals surface area contributed by atoms with Crippen molar-refractivity contribution in [1.82, 2.24) is 0 Å². The third kappa shape index (κ3) is 12.0. The first-order valence-electron chi connectivity index (χ1n) is 7.37. The first-order valence-corrected chi connectivity index (χ1v) is 7.37. The summed E-state index contributed by atoms with van der Waals surface area (Å²) in [5, 5.41) is 4.31. The highest BCUT2D eigenvalue weighted by molar-refractivity contribution is 5.58. The van der Waals surface area contributed by atoms with E-state index in [1.807, 2.05) is 0 Å². The lowest BCUT2D eigenvalue weighted by Crippen LogP contribution is -2.15. The molecule has 0 aromatic carbocycles. The summed E-state index contributed by atoms with van der Waals surface area (Å²) in [7, 11) is 0. The van der Waals surface area contributed by atoms with E-state index in [-0.39, 0.29) is 0 Å². The van der Waals surface area contributed by atoms with Gasteiger partial charge in [0.25, 0.3) is 0 Å². The molecule has 0 N–H and O–H groups in total. The van der Waals surface area contributed by atoms with Gasteiger partial charge in [-0.25, -0.2) is 9.68 Å². The monoisotopic (exact) mass is 276 g/mol. The molecule has 5 nitrogen and oxygen atoms in total. The lowest BCUT2D eigenvalue weighted by atomic mass is 10.0. The number of carbonyl (C=O) groups is 1. The van der Waals surface area contributed by atoms with Gasteiger partial charge in [0.05, 0.1) is 13.2 Å². The van der Waals surface area contributed by atoms with Crippen LogP contribution in [0.2, 0.25) is 0 Å². The Kier molecular flexibility index (Phi) is 13.0. The number of carbonyl (C=O) groups excluding carboxylic acids is 1. The van der Waals surface area contributed by atoms with Crippen LogP contribution in [0, 0.1) is 5.92 Å². The fraction of sp³-hybridized carbons (Fsp3) is 0.929. The van der Waals surface area contributed by atoms with Crippen molar-refractivity contribution in [1.29, 1.82) is 0 Å². The molecular formula is C14H28O5. The minimum Gasteiger partial charge on any atom is -0.432 e. The Morgan fingerprint density at radius 3 is 2.42 bits per heavy atom. The zero-order valence-corrected chi connectivity index (χ0v) is 12.5. The Morgan fingerprint density at radius 1 is 1.05 bits per heavy atom. The third-order valence-electron chi connectivity index (χ3n) is 2.96. The maximum absolute atomic E-state index is 11.2. The van der Waals surface area contributed by atoms with Gasteiger partial charge in [-0.1, -0.05) is 52.9 Å². The van der Waals surface area contributed by atoms with E-state index in [2.05, 4.69) is 35.6 Å². The molecule has 0 fully saturated rings. The van der Waals surface area contributed by atoms with Crippen molar-refractivity contribution in [3.8, 4) is 0 Å². The number of rotatable bonds is 12. The number of hydrogen-bond donors (Lipinski definition) is 0. The van der Waals surface area contributed by atoms with Crippen LogP contribution in [-0.2, 0) is 19.6 Å². The van der Waals surface area contributed by atoms with E-state index in [1.54, 1.807) is 0 Å². The Morgan fingerprint density at radius 2 is 1.79 bits per heavy atom. The fourth-order valence-electron chi connectivity index (χ4n) is 1.60. The van der Waals surface area contributed by atoms with E-state index in [0.29, 0.717) is 19.1 Å². The molecule has 0 aliphatic rings. The summed E-state index contributed by atoms with van der Waals surface area (Å²) in [6.45, 7) is 7.11. The van der Waals surface area contributed by atoms with Gasteiger partial charge >= 0.3 is 6.16 Å². The SMILES string of the molecule is CCCCCOOOC(=O)OCC(CC)CCCC. The van der Waals surface area contributed by atoms with Crippen molar-refractivity contribution in [2.45, 2.75) is 65.7 Å². The van der Waals surface area contributed by atoms with Crippen molar-refractivity contribution >= 4 is 6.16 Å². The predicted molar refractivity (Wildman–Crippen MR) is 72.3 cm³/mol. The van der Waals surface area contributed by atoms with Crippen molar-refractivity contribution in [2.24, 2.45) is 5.92 Å². The van der Waals surface area contributed by atoms with Gasteiger partial charge in [0, 0.05) is 0 Å². The van der Waals surface area contributed by atoms with E-state index in [1.165, 1.54) is 0 Å². The number of ether oxygens (including phenoxy) is 1. The second-order valence-corrected chi connectivity index (χ2v) is 4.66. The van der Waals surface area contributed by atoms with Crippen molar-refractivity contribution in [3.05, 3.63) is 0 Å². The van der Waals surface area contributed by atoms with Crippen molar-refractivity contribution in [2.75, 3.05) is 13.2 Å². The van der Waals surface area contributed by atoms with Crippen LogP contribution in [-0.4, -0.2) is 19.4 Å². The van der Waals surface area contributed by atoms with Gasteiger partial charge in [0.15, 0.2) is 0 Å². The quantitative estimate of drug-likeness (QED) is 0.229. The largest absolute Gasteiger partial charge is 0.542 e. The van der Waals surface area contributed by atoms with Crippen LogP contribution in [0.25, 0.3) is 0 Å².